The van der Waals surface area contributed by atoms with Crippen LogP contribution in [0.25, 0.3) is 0 Å². The molecule has 1 fully saturated rings. The molecule has 0 radical (unpaired) electrons. The molecule has 1 saturated heterocycles. The van der Waals surface area contributed by atoms with Crippen LogP contribution in [0, 0.1) is 0 Å². The fourth-order valence-corrected chi connectivity index (χ4v) is 1.98. The van der Waals surface area contributed by atoms with E-state index in [1.165, 1.54) is 0 Å². The summed E-state index contributed by atoms with van der Waals surface area (Å²) in [5.74, 6) is 1.46. The van der Waals surface area contributed by atoms with Crippen molar-refractivity contribution in [1.82, 2.24) is 0 Å². The Morgan fingerprint density at radius 3 is 2.67 bits per heavy atom. The number of epoxide rings is 1. The first-order valence-electron chi connectivity index (χ1n) is 5.02. The topological polar surface area (TPSA) is 38.8 Å². The Hall–Kier alpha value is -0.870. The van der Waals surface area contributed by atoms with Gasteiger partial charge < -0.3 is 9.47 Å². The van der Waals surface area contributed by atoms with Gasteiger partial charge in [0.2, 0.25) is 0 Å². The Morgan fingerprint density at radius 2 is 2.13 bits per heavy atom. The summed E-state index contributed by atoms with van der Waals surface area (Å²) >= 11 is 0. The van der Waals surface area contributed by atoms with E-state index in [0.29, 0.717) is 12.4 Å². The van der Waals surface area contributed by atoms with Crippen LogP contribution in [0.2, 0.25) is 0 Å². The zero-order valence-corrected chi connectivity index (χ0v) is 9.46. The summed E-state index contributed by atoms with van der Waals surface area (Å²) in [6.45, 7) is 3.32. The van der Waals surface area contributed by atoms with Gasteiger partial charge in [0.05, 0.1) is 17.4 Å². The minimum absolute atomic E-state index is 0.273. The van der Waals surface area contributed by atoms with E-state index in [4.69, 9.17) is 9.47 Å². The molecule has 0 aromatic heterocycles. The van der Waals surface area contributed by atoms with Crippen LogP contribution in [0.3, 0.4) is 0 Å². The van der Waals surface area contributed by atoms with Gasteiger partial charge in [-0.2, -0.15) is 0 Å². The van der Waals surface area contributed by atoms with E-state index < -0.39 is 10.8 Å². The summed E-state index contributed by atoms with van der Waals surface area (Å²) in [6.07, 6.45) is 0.273. The smallest absolute Gasteiger partial charge is 0.119 e. The molecular formula is C11H14O3S. The number of hydrogen-bond donors (Lipinski definition) is 0. The maximum absolute atomic E-state index is 11.5. The van der Waals surface area contributed by atoms with Gasteiger partial charge >= 0.3 is 0 Å². The monoisotopic (exact) mass is 226 g/mol. The number of rotatable bonds is 5. The first kappa shape index (κ1) is 10.6. The van der Waals surface area contributed by atoms with E-state index in [9.17, 15) is 4.21 Å². The van der Waals surface area contributed by atoms with Crippen LogP contribution in [-0.4, -0.2) is 29.3 Å². The Labute approximate surface area is 91.9 Å². The van der Waals surface area contributed by atoms with Gasteiger partial charge in [0.1, 0.15) is 18.5 Å². The highest BCUT2D eigenvalue weighted by Crippen LogP contribution is 2.17. The summed E-state index contributed by atoms with van der Waals surface area (Å²) in [5, 5.41) is 0. The lowest BCUT2D eigenvalue weighted by Gasteiger charge is -2.04. The molecule has 15 heavy (non-hydrogen) atoms. The Morgan fingerprint density at radius 1 is 1.47 bits per heavy atom. The summed E-state index contributed by atoms with van der Waals surface area (Å²) < 4.78 is 22.0. The molecular weight excluding hydrogens is 212 g/mol. The Kier molecular flexibility index (Phi) is 3.38. The fourth-order valence-electron chi connectivity index (χ4n) is 1.21. The molecule has 4 heteroatoms. The number of ether oxygens (including phenoxy) is 2. The number of hydrogen-bond acceptors (Lipinski definition) is 3. The maximum atomic E-state index is 11.5. The maximum Gasteiger partial charge on any atom is 0.119 e. The van der Waals surface area contributed by atoms with Gasteiger partial charge in [-0.25, -0.2) is 0 Å². The summed E-state index contributed by atoms with van der Waals surface area (Å²) in [7, 11) is -0.879. The molecule has 1 aromatic rings. The van der Waals surface area contributed by atoms with Gasteiger partial charge in [0, 0.05) is 10.6 Å². The van der Waals surface area contributed by atoms with Crippen LogP contribution in [0.5, 0.6) is 5.75 Å². The third-order valence-electron chi connectivity index (χ3n) is 2.19. The van der Waals surface area contributed by atoms with Crippen LogP contribution in [-0.2, 0) is 15.5 Å². The molecule has 1 aliphatic rings. The van der Waals surface area contributed by atoms with Crippen molar-refractivity contribution >= 4 is 10.8 Å². The minimum atomic E-state index is -0.879. The van der Waals surface area contributed by atoms with Crippen molar-refractivity contribution in [2.24, 2.45) is 0 Å². The predicted octanol–water partition coefficient (Wildman–Crippen LogP) is 1.59. The highest BCUT2D eigenvalue weighted by Gasteiger charge is 2.22. The van der Waals surface area contributed by atoms with Crippen LogP contribution >= 0.6 is 0 Å². The molecule has 3 nitrogen and oxygen atoms in total. The molecule has 1 aromatic carbocycles. The second-order valence-corrected chi connectivity index (χ2v) is 5.11. The van der Waals surface area contributed by atoms with Crippen molar-refractivity contribution < 1.29 is 13.7 Å². The Bertz CT molecular complexity index is 343. The van der Waals surface area contributed by atoms with Crippen molar-refractivity contribution in [2.75, 3.05) is 19.0 Å². The third-order valence-corrected chi connectivity index (χ3v) is 3.51. The first-order valence-corrected chi connectivity index (χ1v) is 6.34. The standard InChI is InChI=1S/C11H14O3S/c1-2-15(12)11-5-3-9(4-6-11)13-7-10-8-14-10/h3-6,10H,2,7-8H2,1H3. The molecule has 0 bridgehead atoms. The fraction of sp³-hybridized carbons (Fsp3) is 0.455. The zero-order chi connectivity index (χ0) is 10.7. The van der Waals surface area contributed by atoms with Gasteiger partial charge in [0.25, 0.3) is 0 Å². The van der Waals surface area contributed by atoms with E-state index >= 15 is 0 Å². The highest BCUT2D eigenvalue weighted by molar-refractivity contribution is 7.85. The van der Waals surface area contributed by atoms with Crippen molar-refractivity contribution in [1.29, 1.82) is 0 Å². The van der Waals surface area contributed by atoms with E-state index in [1.807, 2.05) is 31.2 Å². The number of benzene rings is 1. The van der Waals surface area contributed by atoms with Crippen LogP contribution < -0.4 is 4.74 Å². The molecule has 0 amide bonds. The first-order chi connectivity index (χ1) is 7.29. The largest absolute Gasteiger partial charge is 0.491 e. The van der Waals surface area contributed by atoms with Gasteiger partial charge in [0.15, 0.2) is 0 Å². The lowest BCUT2D eigenvalue weighted by atomic mass is 10.3. The van der Waals surface area contributed by atoms with Crippen molar-refractivity contribution in [2.45, 2.75) is 17.9 Å². The molecule has 0 saturated carbocycles. The van der Waals surface area contributed by atoms with E-state index in [1.54, 1.807) is 0 Å². The second-order valence-electron chi connectivity index (χ2n) is 3.37. The molecule has 2 atom stereocenters. The predicted molar refractivity (Wildman–Crippen MR) is 58.6 cm³/mol. The second kappa shape index (κ2) is 4.77. The minimum Gasteiger partial charge on any atom is -0.491 e. The molecule has 2 rings (SSSR count). The normalized spacial score (nSPS) is 21.0. The molecule has 1 aliphatic heterocycles. The van der Waals surface area contributed by atoms with Crippen molar-refractivity contribution in [3.8, 4) is 5.75 Å². The summed E-state index contributed by atoms with van der Waals surface area (Å²) in [6, 6.07) is 7.40. The highest BCUT2D eigenvalue weighted by atomic mass is 32.2. The quantitative estimate of drug-likeness (QED) is 0.716. The molecule has 82 valence electrons. The SMILES string of the molecule is CCS(=O)c1ccc(OCC2CO2)cc1. The molecule has 0 N–H and O–H groups in total. The Balaban J connectivity index is 1.93. The summed E-state index contributed by atoms with van der Waals surface area (Å²) in [5.41, 5.74) is 0. The van der Waals surface area contributed by atoms with Gasteiger partial charge in [-0.05, 0) is 24.3 Å². The van der Waals surface area contributed by atoms with Crippen LogP contribution in [0.15, 0.2) is 29.2 Å². The lowest BCUT2D eigenvalue weighted by molar-refractivity contribution is 0.263. The zero-order valence-electron chi connectivity index (χ0n) is 8.64. The van der Waals surface area contributed by atoms with Crippen LogP contribution in [0.1, 0.15) is 6.92 Å². The molecule has 0 aliphatic carbocycles. The van der Waals surface area contributed by atoms with E-state index in [2.05, 4.69) is 0 Å². The lowest BCUT2D eigenvalue weighted by Crippen LogP contribution is -2.04. The van der Waals surface area contributed by atoms with E-state index in [0.717, 1.165) is 17.3 Å². The van der Waals surface area contributed by atoms with Crippen molar-refractivity contribution in [3.63, 3.8) is 0 Å². The molecule has 0 spiro atoms. The summed E-state index contributed by atoms with van der Waals surface area (Å²) in [4.78, 5) is 0.854. The molecule has 1 heterocycles. The van der Waals surface area contributed by atoms with E-state index in [-0.39, 0.29) is 6.10 Å². The van der Waals surface area contributed by atoms with Gasteiger partial charge in [-0.15, -0.1) is 0 Å². The molecule has 2 unspecified atom stereocenters. The average molecular weight is 226 g/mol. The van der Waals surface area contributed by atoms with Gasteiger partial charge in [-0.3, -0.25) is 4.21 Å². The van der Waals surface area contributed by atoms with Crippen molar-refractivity contribution in [3.05, 3.63) is 24.3 Å². The van der Waals surface area contributed by atoms with Gasteiger partial charge in [-0.1, -0.05) is 6.92 Å². The average Bonchev–Trinajstić information content (AvgIpc) is 3.10. The third kappa shape index (κ3) is 3.04. The van der Waals surface area contributed by atoms with Crippen LogP contribution in [0.4, 0.5) is 0 Å².